The zero-order valence-corrected chi connectivity index (χ0v) is 10.1. The molecule has 2 rings (SSSR count). The summed E-state index contributed by atoms with van der Waals surface area (Å²) >= 11 is 0. The van der Waals surface area contributed by atoms with Crippen LogP contribution >= 0.6 is 0 Å². The Hall–Kier alpha value is -1.51. The third-order valence-corrected chi connectivity index (χ3v) is 2.88. The minimum absolute atomic E-state index is 0.0119. The quantitative estimate of drug-likeness (QED) is 0.803. The monoisotopic (exact) mass is 234 g/mol. The summed E-state index contributed by atoms with van der Waals surface area (Å²) in [7, 11) is 0. The molecule has 1 aliphatic rings. The largest absolute Gasteiger partial charge is 0.490 e. The van der Waals surface area contributed by atoms with Crippen LogP contribution in [0.15, 0.2) is 24.3 Å². The fourth-order valence-corrected chi connectivity index (χ4v) is 2.09. The Morgan fingerprint density at radius 3 is 2.76 bits per heavy atom. The fraction of sp³-hybridized carbons (Fsp3) is 0.500. The molecule has 3 nitrogen and oxygen atoms in total. The van der Waals surface area contributed by atoms with Gasteiger partial charge in [0.05, 0.1) is 6.61 Å². The minimum atomic E-state index is 0.0119. The Morgan fingerprint density at radius 2 is 2.06 bits per heavy atom. The summed E-state index contributed by atoms with van der Waals surface area (Å²) in [6.07, 6.45) is 3.12. The second-order valence-electron chi connectivity index (χ2n) is 4.25. The number of hydrogen-bond donors (Lipinski definition) is 0. The van der Waals surface area contributed by atoms with Crippen molar-refractivity contribution in [3.05, 3.63) is 24.3 Å². The molecule has 1 atom stereocenters. The highest BCUT2D eigenvalue weighted by atomic mass is 16.5. The van der Waals surface area contributed by atoms with E-state index in [1.165, 1.54) is 0 Å². The maximum absolute atomic E-state index is 11.4. The van der Waals surface area contributed by atoms with E-state index in [0.29, 0.717) is 25.2 Å². The number of carbonyl (C=O) groups excluding carboxylic acids is 1. The van der Waals surface area contributed by atoms with Crippen molar-refractivity contribution < 1.29 is 14.3 Å². The van der Waals surface area contributed by atoms with Gasteiger partial charge in [0.15, 0.2) is 11.5 Å². The van der Waals surface area contributed by atoms with E-state index in [0.717, 1.165) is 24.3 Å². The van der Waals surface area contributed by atoms with Gasteiger partial charge >= 0.3 is 0 Å². The molecule has 0 aromatic heterocycles. The SMILES string of the molecule is CCOc1ccccc1OC1CCCC(=O)C1. The Bertz CT molecular complexity index is 387. The normalized spacial score (nSPS) is 20.1. The molecule has 1 saturated carbocycles. The van der Waals surface area contributed by atoms with Crippen molar-refractivity contribution in [3.63, 3.8) is 0 Å². The smallest absolute Gasteiger partial charge is 0.161 e. The number of para-hydroxylation sites is 2. The molecule has 1 aliphatic carbocycles. The number of hydrogen-bond acceptors (Lipinski definition) is 3. The highest BCUT2D eigenvalue weighted by Crippen LogP contribution is 2.30. The molecule has 0 aliphatic heterocycles. The standard InChI is InChI=1S/C14H18O3/c1-2-16-13-8-3-4-9-14(13)17-12-7-5-6-11(15)10-12/h3-4,8-9,12H,2,5-7,10H2,1H3. The molecule has 3 heteroatoms. The lowest BCUT2D eigenvalue weighted by Gasteiger charge is -2.23. The first-order valence-electron chi connectivity index (χ1n) is 6.19. The first-order chi connectivity index (χ1) is 8.29. The molecule has 0 bridgehead atoms. The third kappa shape index (κ3) is 3.22. The summed E-state index contributed by atoms with van der Waals surface area (Å²) in [4.78, 5) is 11.4. The molecule has 0 radical (unpaired) electrons. The molecule has 92 valence electrons. The summed E-state index contributed by atoms with van der Waals surface area (Å²) < 4.78 is 11.4. The molecule has 0 heterocycles. The van der Waals surface area contributed by atoms with Gasteiger partial charge in [-0.3, -0.25) is 4.79 Å². The predicted molar refractivity (Wildman–Crippen MR) is 65.5 cm³/mol. The summed E-state index contributed by atoms with van der Waals surface area (Å²) in [5.41, 5.74) is 0. The lowest BCUT2D eigenvalue weighted by atomic mass is 9.96. The number of rotatable bonds is 4. The maximum atomic E-state index is 11.4. The Balaban J connectivity index is 2.04. The van der Waals surface area contributed by atoms with Gasteiger partial charge in [0, 0.05) is 12.8 Å². The Morgan fingerprint density at radius 1 is 1.29 bits per heavy atom. The van der Waals surface area contributed by atoms with Crippen LogP contribution in [0.2, 0.25) is 0 Å². The van der Waals surface area contributed by atoms with Crippen LogP contribution in [-0.2, 0) is 4.79 Å². The van der Waals surface area contributed by atoms with Gasteiger partial charge in [0.1, 0.15) is 11.9 Å². The van der Waals surface area contributed by atoms with Gasteiger partial charge in [0.25, 0.3) is 0 Å². The average molecular weight is 234 g/mol. The first-order valence-corrected chi connectivity index (χ1v) is 6.19. The summed E-state index contributed by atoms with van der Waals surface area (Å²) in [6.45, 7) is 2.56. The lowest BCUT2D eigenvalue weighted by Crippen LogP contribution is -2.25. The second-order valence-corrected chi connectivity index (χ2v) is 4.25. The van der Waals surface area contributed by atoms with E-state index in [1.807, 2.05) is 31.2 Å². The minimum Gasteiger partial charge on any atom is -0.490 e. The zero-order valence-electron chi connectivity index (χ0n) is 10.1. The van der Waals surface area contributed by atoms with Crippen molar-refractivity contribution in [2.75, 3.05) is 6.61 Å². The number of benzene rings is 1. The van der Waals surface area contributed by atoms with E-state index in [9.17, 15) is 4.79 Å². The fourth-order valence-electron chi connectivity index (χ4n) is 2.09. The van der Waals surface area contributed by atoms with E-state index in [2.05, 4.69) is 0 Å². The molecule has 1 fully saturated rings. The summed E-state index contributed by atoms with van der Waals surface area (Å²) in [5, 5.41) is 0. The van der Waals surface area contributed by atoms with Crippen LogP contribution in [0, 0.1) is 0 Å². The van der Waals surface area contributed by atoms with Crippen LogP contribution in [0.5, 0.6) is 11.5 Å². The zero-order chi connectivity index (χ0) is 12.1. The van der Waals surface area contributed by atoms with E-state index in [-0.39, 0.29) is 6.10 Å². The number of Topliss-reactive ketones (excluding diaryl/α,β-unsaturated/α-hetero) is 1. The second kappa shape index (κ2) is 5.71. The Kier molecular flexibility index (Phi) is 4.02. The van der Waals surface area contributed by atoms with E-state index in [4.69, 9.17) is 9.47 Å². The first kappa shape index (κ1) is 12.0. The molecule has 0 saturated heterocycles. The van der Waals surface area contributed by atoms with Gasteiger partial charge in [-0.1, -0.05) is 12.1 Å². The van der Waals surface area contributed by atoms with Gasteiger partial charge in [-0.25, -0.2) is 0 Å². The molecule has 1 aromatic carbocycles. The molecule has 1 unspecified atom stereocenters. The predicted octanol–water partition coefficient (Wildman–Crippen LogP) is 2.98. The van der Waals surface area contributed by atoms with Crippen molar-refractivity contribution in [1.29, 1.82) is 0 Å². The van der Waals surface area contributed by atoms with Crippen molar-refractivity contribution in [2.24, 2.45) is 0 Å². The van der Waals surface area contributed by atoms with E-state index in [1.54, 1.807) is 0 Å². The van der Waals surface area contributed by atoms with E-state index >= 15 is 0 Å². The van der Waals surface area contributed by atoms with Crippen LogP contribution < -0.4 is 9.47 Å². The molecule has 0 amide bonds. The summed E-state index contributed by atoms with van der Waals surface area (Å²) in [6, 6.07) is 7.62. The van der Waals surface area contributed by atoms with Crippen LogP contribution in [0.4, 0.5) is 0 Å². The van der Waals surface area contributed by atoms with Crippen LogP contribution in [0.1, 0.15) is 32.6 Å². The number of ketones is 1. The number of ether oxygens (including phenoxy) is 2. The summed E-state index contributed by atoms with van der Waals surface area (Å²) in [5.74, 6) is 1.80. The highest BCUT2D eigenvalue weighted by Gasteiger charge is 2.21. The third-order valence-electron chi connectivity index (χ3n) is 2.88. The van der Waals surface area contributed by atoms with Gasteiger partial charge in [-0.2, -0.15) is 0 Å². The van der Waals surface area contributed by atoms with Crippen molar-refractivity contribution >= 4 is 5.78 Å². The van der Waals surface area contributed by atoms with Crippen LogP contribution in [0.3, 0.4) is 0 Å². The molecule has 1 aromatic rings. The van der Waals surface area contributed by atoms with Gasteiger partial charge in [-0.15, -0.1) is 0 Å². The van der Waals surface area contributed by atoms with Crippen LogP contribution in [0.25, 0.3) is 0 Å². The highest BCUT2D eigenvalue weighted by molar-refractivity contribution is 5.79. The van der Waals surface area contributed by atoms with Crippen LogP contribution in [-0.4, -0.2) is 18.5 Å². The maximum Gasteiger partial charge on any atom is 0.161 e. The van der Waals surface area contributed by atoms with Crippen molar-refractivity contribution in [3.8, 4) is 11.5 Å². The number of carbonyl (C=O) groups is 1. The lowest BCUT2D eigenvalue weighted by molar-refractivity contribution is -0.122. The molecular formula is C14H18O3. The van der Waals surface area contributed by atoms with Crippen molar-refractivity contribution in [1.82, 2.24) is 0 Å². The molecule has 0 spiro atoms. The van der Waals surface area contributed by atoms with Gasteiger partial charge < -0.3 is 9.47 Å². The average Bonchev–Trinajstić information content (AvgIpc) is 2.32. The molecule has 17 heavy (non-hydrogen) atoms. The molecule has 0 N–H and O–H groups in total. The topological polar surface area (TPSA) is 35.5 Å². The Labute approximate surface area is 102 Å². The molecular weight excluding hydrogens is 216 g/mol. The van der Waals surface area contributed by atoms with Crippen molar-refractivity contribution in [2.45, 2.75) is 38.7 Å². The van der Waals surface area contributed by atoms with Gasteiger partial charge in [0.2, 0.25) is 0 Å². The van der Waals surface area contributed by atoms with E-state index < -0.39 is 0 Å². The van der Waals surface area contributed by atoms with Gasteiger partial charge in [-0.05, 0) is 31.9 Å².